The van der Waals surface area contributed by atoms with Gasteiger partial charge in [0.05, 0.1) is 0 Å². The molecule has 106 valence electrons. The van der Waals surface area contributed by atoms with E-state index in [0.29, 0.717) is 0 Å². The van der Waals surface area contributed by atoms with Crippen LogP contribution in [0.4, 0.5) is 0 Å². The Morgan fingerprint density at radius 3 is 2.20 bits per heavy atom. The van der Waals surface area contributed by atoms with E-state index in [2.05, 4.69) is 9.71 Å². The van der Waals surface area contributed by atoms with Crippen molar-refractivity contribution in [3.05, 3.63) is 60.3 Å². The number of nitrogens with one attached hydrogen (secondary N) is 1. The van der Waals surface area contributed by atoms with Gasteiger partial charge in [-0.3, -0.25) is 0 Å². The van der Waals surface area contributed by atoms with Crippen LogP contribution in [0.2, 0.25) is 0 Å². The summed E-state index contributed by atoms with van der Waals surface area (Å²) in [5.41, 5.74) is 0.946. The van der Waals surface area contributed by atoms with Crippen LogP contribution in [0.15, 0.2) is 59.8 Å². The van der Waals surface area contributed by atoms with E-state index in [-0.39, 0.29) is 17.0 Å². The molecule has 0 amide bonds. The van der Waals surface area contributed by atoms with Gasteiger partial charge in [-0.15, -0.1) is 0 Å². The standard InChI is InChI=1S/C15H18N2O2S/c1-12(2)15(13-8-4-3-5-9-13)17-20(18,19)14-10-6-7-11-16-14/h3-12,15,17H,1-2H3/t15-/m1/s1. The predicted octanol–water partition coefficient (Wildman–Crippen LogP) is 2.76. The first-order valence-corrected chi connectivity index (χ1v) is 7.97. The molecule has 0 saturated carbocycles. The molecule has 20 heavy (non-hydrogen) atoms. The van der Waals surface area contributed by atoms with Crippen LogP contribution in [-0.2, 0) is 10.0 Å². The lowest BCUT2D eigenvalue weighted by atomic mass is 9.97. The molecule has 0 aliphatic heterocycles. The molecule has 1 N–H and O–H groups in total. The van der Waals surface area contributed by atoms with Gasteiger partial charge in [-0.2, -0.15) is 0 Å². The van der Waals surface area contributed by atoms with E-state index >= 15 is 0 Å². The Bertz CT molecular complexity index is 640. The second-order valence-electron chi connectivity index (χ2n) is 4.92. The fourth-order valence-electron chi connectivity index (χ4n) is 1.98. The Kier molecular flexibility index (Phi) is 4.52. The van der Waals surface area contributed by atoms with Crippen LogP contribution in [0, 0.1) is 5.92 Å². The number of aromatic nitrogens is 1. The van der Waals surface area contributed by atoms with E-state index in [1.807, 2.05) is 44.2 Å². The molecular weight excluding hydrogens is 272 g/mol. The molecule has 1 heterocycles. The first kappa shape index (κ1) is 14.7. The van der Waals surface area contributed by atoms with Crippen molar-refractivity contribution in [3.8, 4) is 0 Å². The molecule has 2 aromatic rings. The van der Waals surface area contributed by atoms with Crippen molar-refractivity contribution in [3.63, 3.8) is 0 Å². The van der Waals surface area contributed by atoms with Gasteiger partial charge in [-0.25, -0.2) is 18.1 Å². The third-order valence-electron chi connectivity index (χ3n) is 3.02. The monoisotopic (exact) mass is 290 g/mol. The van der Waals surface area contributed by atoms with Crippen LogP contribution in [0.25, 0.3) is 0 Å². The normalized spacial score (nSPS) is 13.3. The first-order chi connectivity index (χ1) is 9.50. The molecule has 2 rings (SSSR count). The molecule has 0 aliphatic rings. The molecule has 0 radical (unpaired) electrons. The number of benzene rings is 1. The average Bonchev–Trinajstić information content (AvgIpc) is 2.46. The minimum Gasteiger partial charge on any atom is -0.243 e. The number of nitrogens with zero attached hydrogens (tertiary/aromatic N) is 1. The highest BCUT2D eigenvalue weighted by atomic mass is 32.2. The van der Waals surface area contributed by atoms with Gasteiger partial charge in [-0.05, 0) is 23.6 Å². The summed E-state index contributed by atoms with van der Waals surface area (Å²) in [6.07, 6.45) is 1.47. The third-order valence-corrected chi connectivity index (χ3v) is 4.38. The molecule has 1 atom stereocenters. The maximum atomic E-state index is 12.3. The Hall–Kier alpha value is -1.72. The maximum absolute atomic E-state index is 12.3. The summed E-state index contributed by atoms with van der Waals surface area (Å²) in [5.74, 6) is 0.135. The zero-order valence-electron chi connectivity index (χ0n) is 11.5. The summed E-state index contributed by atoms with van der Waals surface area (Å²) in [6, 6.07) is 14.1. The molecule has 0 spiro atoms. The summed E-state index contributed by atoms with van der Waals surface area (Å²) in [4.78, 5) is 3.91. The van der Waals surface area contributed by atoms with Gasteiger partial charge >= 0.3 is 0 Å². The second-order valence-corrected chi connectivity index (χ2v) is 6.58. The van der Waals surface area contributed by atoms with Crippen LogP contribution in [0.3, 0.4) is 0 Å². The highest BCUT2D eigenvalue weighted by molar-refractivity contribution is 7.89. The average molecular weight is 290 g/mol. The van der Waals surface area contributed by atoms with Gasteiger partial charge in [0.25, 0.3) is 10.0 Å². The molecule has 0 unspecified atom stereocenters. The van der Waals surface area contributed by atoms with Gasteiger partial charge in [0, 0.05) is 12.2 Å². The Balaban J connectivity index is 2.30. The summed E-state index contributed by atoms with van der Waals surface area (Å²) in [5, 5.41) is 0.0431. The highest BCUT2D eigenvalue weighted by Crippen LogP contribution is 2.23. The third kappa shape index (κ3) is 3.43. The largest absolute Gasteiger partial charge is 0.258 e. The lowest BCUT2D eigenvalue weighted by Crippen LogP contribution is -2.32. The van der Waals surface area contributed by atoms with Crippen LogP contribution >= 0.6 is 0 Å². The van der Waals surface area contributed by atoms with Crippen molar-refractivity contribution in [1.29, 1.82) is 0 Å². The molecule has 1 aromatic carbocycles. The van der Waals surface area contributed by atoms with E-state index in [4.69, 9.17) is 0 Å². The molecular formula is C15H18N2O2S. The molecule has 5 heteroatoms. The lowest BCUT2D eigenvalue weighted by molar-refractivity contribution is 0.462. The quantitative estimate of drug-likeness (QED) is 0.921. The van der Waals surface area contributed by atoms with Crippen LogP contribution in [0.1, 0.15) is 25.5 Å². The predicted molar refractivity (Wildman–Crippen MR) is 78.6 cm³/mol. The fraction of sp³-hybridized carbons (Fsp3) is 0.267. The van der Waals surface area contributed by atoms with Crippen LogP contribution in [-0.4, -0.2) is 13.4 Å². The summed E-state index contributed by atoms with van der Waals surface area (Å²) >= 11 is 0. The minimum atomic E-state index is -3.61. The number of hydrogen-bond donors (Lipinski definition) is 1. The zero-order chi connectivity index (χ0) is 14.6. The molecule has 0 aliphatic carbocycles. The van der Waals surface area contributed by atoms with E-state index < -0.39 is 10.0 Å². The van der Waals surface area contributed by atoms with Crippen molar-refractivity contribution in [2.24, 2.45) is 5.92 Å². The van der Waals surface area contributed by atoms with E-state index in [0.717, 1.165) is 5.56 Å². The molecule has 0 bridgehead atoms. The van der Waals surface area contributed by atoms with Gasteiger partial charge < -0.3 is 0 Å². The van der Waals surface area contributed by atoms with Crippen molar-refractivity contribution in [1.82, 2.24) is 9.71 Å². The van der Waals surface area contributed by atoms with Crippen molar-refractivity contribution < 1.29 is 8.42 Å². The number of sulfonamides is 1. The minimum absolute atomic E-state index is 0.0431. The molecule has 0 saturated heterocycles. The van der Waals surface area contributed by atoms with Gasteiger partial charge in [0.1, 0.15) is 0 Å². The van der Waals surface area contributed by atoms with Gasteiger partial charge in [0.15, 0.2) is 5.03 Å². The molecule has 1 aromatic heterocycles. The van der Waals surface area contributed by atoms with Crippen molar-refractivity contribution in [2.45, 2.75) is 24.9 Å². The van der Waals surface area contributed by atoms with Crippen LogP contribution in [0.5, 0.6) is 0 Å². The van der Waals surface area contributed by atoms with E-state index in [9.17, 15) is 8.42 Å². The molecule has 4 nitrogen and oxygen atoms in total. The van der Waals surface area contributed by atoms with Crippen LogP contribution < -0.4 is 4.72 Å². The SMILES string of the molecule is CC(C)[C@@H](NS(=O)(=O)c1ccccn1)c1ccccc1. The second kappa shape index (κ2) is 6.15. The number of hydrogen-bond acceptors (Lipinski definition) is 3. The summed E-state index contributed by atoms with van der Waals surface area (Å²) < 4.78 is 27.4. The molecule has 0 fully saturated rings. The Labute approximate surface area is 119 Å². The highest BCUT2D eigenvalue weighted by Gasteiger charge is 2.24. The Morgan fingerprint density at radius 1 is 1.00 bits per heavy atom. The lowest BCUT2D eigenvalue weighted by Gasteiger charge is -2.22. The van der Waals surface area contributed by atoms with E-state index in [1.54, 1.807) is 12.1 Å². The number of rotatable bonds is 5. The van der Waals surface area contributed by atoms with Gasteiger partial charge in [0.2, 0.25) is 0 Å². The maximum Gasteiger partial charge on any atom is 0.258 e. The first-order valence-electron chi connectivity index (χ1n) is 6.49. The number of pyridine rings is 1. The smallest absolute Gasteiger partial charge is 0.243 e. The van der Waals surface area contributed by atoms with Crippen molar-refractivity contribution in [2.75, 3.05) is 0 Å². The van der Waals surface area contributed by atoms with Gasteiger partial charge in [-0.1, -0.05) is 50.2 Å². The topological polar surface area (TPSA) is 59.1 Å². The fourth-order valence-corrected chi connectivity index (χ4v) is 3.30. The Morgan fingerprint density at radius 2 is 1.65 bits per heavy atom. The summed E-state index contributed by atoms with van der Waals surface area (Å²) in [7, 11) is -3.61. The summed E-state index contributed by atoms with van der Waals surface area (Å²) in [6.45, 7) is 3.97. The van der Waals surface area contributed by atoms with Crippen molar-refractivity contribution >= 4 is 10.0 Å². The van der Waals surface area contributed by atoms with E-state index in [1.165, 1.54) is 12.3 Å². The zero-order valence-corrected chi connectivity index (χ0v) is 12.3.